The summed E-state index contributed by atoms with van der Waals surface area (Å²) < 4.78 is 0. The monoisotopic (exact) mass is 232 g/mol. The first-order valence-electron chi connectivity index (χ1n) is 4.95. The molecule has 0 unspecified atom stereocenters. The summed E-state index contributed by atoms with van der Waals surface area (Å²) in [7, 11) is 1.80. The number of pyridine rings is 1. The van der Waals surface area contributed by atoms with Gasteiger partial charge in [-0.1, -0.05) is 6.07 Å². The van der Waals surface area contributed by atoms with E-state index in [4.69, 9.17) is 0 Å². The molecular weight excluding hydrogens is 220 g/mol. The molecule has 0 radical (unpaired) electrons. The Balaban J connectivity index is 2.05. The van der Waals surface area contributed by atoms with Gasteiger partial charge in [-0.05, 0) is 23.6 Å². The molecule has 0 bridgehead atoms. The fourth-order valence-corrected chi connectivity index (χ4v) is 2.18. The zero-order valence-electron chi connectivity index (χ0n) is 8.96. The molecule has 0 aliphatic heterocycles. The van der Waals surface area contributed by atoms with Crippen molar-refractivity contribution < 1.29 is 4.79 Å². The third-order valence-electron chi connectivity index (χ3n) is 2.23. The number of rotatable bonds is 3. The summed E-state index contributed by atoms with van der Waals surface area (Å²) in [6.45, 7) is 0.644. The van der Waals surface area contributed by atoms with Gasteiger partial charge in [-0.25, -0.2) is 0 Å². The topological polar surface area (TPSA) is 33.2 Å². The molecule has 2 heterocycles. The van der Waals surface area contributed by atoms with Crippen LogP contribution in [0, 0.1) is 0 Å². The summed E-state index contributed by atoms with van der Waals surface area (Å²) in [6, 6.07) is 7.56. The van der Waals surface area contributed by atoms with Crippen LogP contribution in [0.15, 0.2) is 42.0 Å². The van der Waals surface area contributed by atoms with Crippen LogP contribution in [0.1, 0.15) is 15.2 Å². The van der Waals surface area contributed by atoms with Crippen molar-refractivity contribution in [3.05, 3.63) is 52.5 Å². The summed E-state index contributed by atoms with van der Waals surface area (Å²) in [5, 5.41) is 2.01. The molecule has 0 saturated carbocycles. The maximum Gasteiger partial charge on any atom is 0.255 e. The third-order valence-corrected chi connectivity index (χ3v) is 3.09. The second-order valence-electron chi connectivity index (χ2n) is 3.48. The summed E-state index contributed by atoms with van der Waals surface area (Å²) in [5.74, 6) is 0.00139. The fraction of sp³-hybridized carbons (Fsp3) is 0.167. The van der Waals surface area contributed by atoms with Crippen LogP contribution in [0.3, 0.4) is 0 Å². The van der Waals surface area contributed by atoms with E-state index >= 15 is 0 Å². The lowest BCUT2D eigenvalue weighted by Gasteiger charge is -2.15. The minimum absolute atomic E-state index is 0.00139. The van der Waals surface area contributed by atoms with Crippen molar-refractivity contribution in [2.24, 2.45) is 0 Å². The molecule has 16 heavy (non-hydrogen) atoms. The molecule has 2 aromatic heterocycles. The first-order chi connectivity index (χ1) is 7.77. The van der Waals surface area contributed by atoms with E-state index in [1.165, 1.54) is 4.88 Å². The lowest BCUT2D eigenvalue weighted by atomic mass is 10.2. The molecule has 0 aromatic carbocycles. The largest absolute Gasteiger partial charge is 0.337 e. The van der Waals surface area contributed by atoms with E-state index in [0.717, 1.165) is 0 Å². The summed E-state index contributed by atoms with van der Waals surface area (Å²) >= 11 is 1.65. The molecule has 0 fully saturated rings. The Kier molecular flexibility index (Phi) is 3.31. The highest BCUT2D eigenvalue weighted by atomic mass is 32.1. The minimum Gasteiger partial charge on any atom is -0.337 e. The molecule has 0 aliphatic carbocycles. The fourth-order valence-electron chi connectivity index (χ4n) is 1.42. The summed E-state index contributed by atoms with van der Waals surface area (Å²) in [4.78, 5) is 18.8. The third kappa shape index (κ3) is 2.46. The van der Waals surface area contributed by atoms with Crippen LogP contribution < -0.4 is 0 Å². The van der Waals surface area contributed by atoms with Crippen molar-refractivity contribution in [3.8, 4) is 0 Å². The minimum atomic E-state index is 0.00139. The quantitative estimate of drug-likeness (QED) is 0.814. The first-order valence-corrected chi connectivity index (χ1v) is 5.83. The molecule has 4 heteroatoms. The summed E-state index contributed by atoms with van der Waals surface area (Å²) in [6.07, 6.45) is 3.25. The Morgan fingerprint density at radius 1 is 1.44 bits per heavy atom. The lowest BCUT2D eigenvalue weighted by molar-refractivity contribution is 0.0786. The lowest BCUT2D eigenvalue weighted by Crippen LogP contribution is -2.25. The maximum absolute atomic E-state index is 12.0. The van der Waals surface area contributed by atoms with Gasteiger partial charge in [0.05, 0.1) is 12.1 Å². The van der Waals surface area contributed by atoms with Crippen LogP contribution in [-0.4, -0.2) is 22.8 Å². The number of hydrogen-bond donors (Lipinski definition) is 0. The SMILES string of the molecule is CN(Cc1cccs1)C(=O)c1cccnc1. The number of carbonyl (C=O) groups excluding carboxylic acids is 1. The molecule has 82 valence electrons. The van der Waals surface area contributed by atoms with Gasteiger partial charge < -0.3 is 4.90 Å². The highest BCUT2D eigenvalue weighted by Crippen LogP contribution is 2.12. The van der Waals surface area contributed by atoms with Gasteiger partial charge >= 0.3 is 0 Å². The van der Waals surface area contributed by atoms with Gasteiger partial charge in [-0.3, -0.25) is 9.78 Å². The second-order valence-corrected chi connectivity index (χ2v) is 4.51. The molecule has 3 nitrogen and oxygen atoms in total. The molecule has 0 saturated heterocycles. The van der Waals surface area contributed by atoms with Gasteiger partial charge in [-0.15, -0.1) is 11.3 Å². The van der Waals surface area contributed by atoms with Gasteiger partial charge in [0.25, 0.3) is 5.91 Å². The zero-order valence-corrected chi connectivity index (χ0v) is 9.78. The number of carbonyl (C=O) groups is 1. The van der Waals surface area contributed by atoms with Gasteiger partial charge in [0.15, 0.2) is 0 Å². The highest BCUT2D eigenvalue weighted by Gasteiger charge is 2.11. The van der Waals surface area contributed by atoms with E-state index in [2.05, 4.69) is 4.98 Å². The Labute approximate surface area is 98.4 Å². The van der Waals surface area contributed by atoms with Crippen LogP contribution in [-0.2, 0) is 6.54 Å². The molecule has 1 amide bonds. The standard InChI is InChI=1S/C12H12N2OS/c1-14(9-11-5-3-7-16-11)12(15)10-4-2-6-13-8-10/h2-8H,9H2,1H3. The Morgan fingerprint density at radius 2 is 2.31 bits per heavy atom. The zero-order chi connectivity index (χ0) is 11.4. The maximum atomic E-state index is 12.0. The van der Waals surface area contributed by atoms with Crippen molar-refractivity contribution in [2.45, 2.75) is 6.54 Å². The number of thiophene rings is 1. The van der Waals surface area contributed by atoms with Crippen LogP contribution in [0.25, 0.3) is 0 Å². The van der Waals surface area contributed by atoms with Crippen molar-refractivity contribution >= 4 is 17.2 Å². The molecule has 0 spiro atoms. The number of nitrogens with zero attached hydrogens (tertiary/aromatic N) is 2. The van der Waals surface area contributed by atoms with Crippen LogP contribution in [0.5, 0.6) is 0 Å². The molecule has 2 rings (SSSR count). The van der Waals surface area contributed by atoms with Crippen molar-refractivity contribution in [1.29, 1.82) is 0 Å². The van der Waals surface area contributed by atoms with Gasteiger partial charge in [-0.2, -0.15) is 0 Å². The molecular formula is C12H12N2OS. The Morgan fingerprint density at radius 3 is 2.94 bits per heavy atom. The first kappa shape index (κ1) is 10.8. The Bertz CT molecular complexity index is 453. The van der Waals surface area contributed by atoms with Crippen molar-refractivity contribution in [3.63, 3.8) is 0 Å². The predicted octanol–water partition coefficient (Wildman–Crippen LogP) is 2.42. The molecule has 0 N–H and O–H groups in total. The van der Waals surface area contributed by atoms with E-state index < -0.39 is 0 Å². The smallest absolute Gasteiger partial charge is 0.255 e. The van der Waals surface area contributed by atoms with Crippen LogP contribution in [0.2, 0.25) is 0 Å². The summed E-state index contributed by atoms with van der Waals surface area (Å²) in [5.41, 5.74) is 0.626. The average molecular weight is 232 g/mol. The van der Waals surface area contributed by atoms with Gasteiger partial charge in [0, 0.05) is 24.3 Å². The van der Waals surface area contributed by atoms with E-state index in [-0.39, 0.29) is 5.91 Å². The number of aromatic nitrogens is 1. The average Bonchev–Trinajstić information content (AvgIpc) is 2.82. The van der Waals surface area contributed by atoms with Crippen LogP contribution >= 0.6 is 11.3 Å². The highest BCUT2D eigenvalue weighted by molar-refractivity contribution is 7.09. The van der Waals surface area contributed by atoms with Crippen LogP contribution in [0.4, 0.5) is 0 Å². The normalized spacial score (nSPS) is 10.1. The van der Waals surface area contributed by atoms with E-state index in [0.29, 0.717) is 12.1 Å². The number of hydrogen-bond acceptors (Lipinski definition) is 3. The van der Waals surface area contributed by atoms with Gasteiger partial charge in [0.1, 0.15) is 0 Å². The molecule has 0 aliphatic rings. The Hall–Kier alpha value is -1.68. The van der Waals surface area contributed by atoms with Crippen molar-refractivity contribution in [1.82, 2.24) is 9.88 Å². The number of amides is 1. The second kappa shape index (κ2) is 4.90. The molecule has 0 atom stereocenters. The predicted molar refractivity (Wildman–Crippen MR) is 64.4 cm³/mol. The van der Waals surface area contributed by atoms with Gasteiger partial charge in [0.2, 0.25) is 0 Å². The van der Waals surface area contributed by atoms with E-state index in [1.807, 2.05) is 17.5 Å². The van der Waals surface area contributed by atoms with Crippen molar-refractivity contribution in [2.75, 3.05) is 7.05 Å². The van der Waals surface area contributed by atoms with E-state index in [1.54, 1.807) is 47.8 Å². The van der Waals surface area contributed by atoms with E-state index in [9.17, 15) is 4.79 Å². The molecule has 2 aromatic rings.